The molecule has 2 fully saturated rings. The molecule has 0 bridgehead atoms. The lowest BCUT2D eigenvalue weighted by Gasteiger charge is -2.36. The molecule has 2 aromatic rings. The normalized spacial score (nSPS) is 18.7. The maximum absolute atomic E-state index is 12.7. The molecule has 1 aliphatic heterocycles. The largest absolute Gasteiger partial charge is 0.343 e. The van der Waals surface area contributed by atoms with E-state index >= 15 is 0 Å². The van der Waals surface area contributed by atoms with Crippen LogP contribution in [0.1, 0.15) is 49.1 Å². The summed E-state index contributed by atoms with van der Waals surface area (Å²) in [6.45, 7) is 5.43. The summed E-state index contributed by atoms with van der Waals surface area (Å²) < 4.78 is 4.55. The predicted molar refractivity (Wildman–Crippen MR) is 109 cm³/mol. The van der Waals surface area contributed by atoms with Crippen LogP contribution in [0.4, 0.5) is 5.13 Å². The average Bonchev–Trinajstić information content (AvgIpc) is 3.18. The highest BCUT2D eigenvalue weighted by molar-refractivity contribution is 7.09. The molecule has 6 heteroatoms. The first-order valence-corrected chi connectivity index (χ1v) is 10.9. The molecule has 5 nitrogen and oxygen atoms in total. The van der Waals surface area contributed by atoms with Crippen LogP contribution >= 0.6 is 11.5 Å². The van der Waals surface area contributed by atoms with Gasteiger partial charge in [-0.3, -0.25) is 4.79 Å². The molecule has 1 aliphatic carbocycles. The van der Waals surface area contributed by atoms with E-state index in [1.54, 1.807) is 0 Å². The van der Waals surface area contributed by atoms with E-state index in [1.165, 1.54) is 41.9 Å². The summed E-state index contributed by atoms with van der Waals surface area (Å²) in [6.07, 6.45) is 6.65. The monoisotopic (exact) mass is 384 g/mol. The summed E-state index contributed by atoms with van der Waals surface area (Å²) in [7, 11) is 0. The number of hydrogen-bond acceptors (Lipinski definition) is 5. The van der Waals surface area contributed by atoms with Crippen molar-refractivity contribution in [2.75, 3.05) is 31.1 Å². The molecule has 1 saturated carbocycles. The molecule has 0 atom stereocenters. The van der Waals surface area contributed by atoms with Gasteiger partial charge in [0.05, 0.1) is 0 Å². The first-order valence-electron chi connectivity index (χ1n) is 10.1. The second-order valence-electron chi connectivity index (χ2n) is 7.80. The summed E-state index contributed by atoms with van der Waals surface area (Å²) in [5.74, 6) is 1.54. The topological polar surface area (TPSA) is 49.3 Å². The summed E-state index contributed by atoms with van der Waals surface area (Å²) in [5, 5.41) is 0.988. The van der Waals surface area contributed by atoms with Crippen LogP contribution in [0.25, 0.3) is 0 Å². The second-order valence-corrected chi connectivity index (χ2v) is 8.53. The molecule has 1 aromatic carbocycles. The number of amides is 1. The molecular formula is C21H28N4OS. The molecule has 0 spiro atoms. The third kappa shape index (κ3) is 4.49. The maximum atomic E-state index is 12.7. The van der Waals surface area contributed by atoms with Crippen LogP contribution < -0.4 is 4.90 Å². The van der Waals surface area contributed by atoms with Gasteiger partial charge in [-0.1, -0.05) is 49.1 Å². The van der Waals surface area contributed by atoms with Crippen molar-refractivity contribution >= 4 is 22.6 Å². The fourth-order valence-corrected chi connectivity index (χ4v) is 4.80. The summed E-state index contributed by atoms with van der Waals surface area (Å²) in [5.41, 5.74) is 2.51. The Kier molecular flexibility index (Phi) is 5.72. The molecule has 1 saturated heterocycles. The van der Waals surface area contributed by atoms with Crippen molar-refractivity contribution in [1.29, 1.82) is 0 Å². The van der Waals surface area contributed by atoms with Crippen LogP contribution in [0.5, 0.6) is 0 Å². The molecule has 0 unspecified atom stereocenters. The Balaban J connectivity index is 1.31. The molecule has 27 heavy (non-hydrogen) atoms. The molecule has 0 N–H and O–H groups in total. The Labute approximate surface area is 165 Å². The van der Waals surface area contributed by atoms with Gasteiger partial charge in [-0.25, -0.2) is 4.98 Å². The predicted octanol–water partition coefficient (Wildman–Crippen LogP) is 3.67. The Bertz CT molecular complexity index is 759. The second kappa shape index (κ2) is 8.38. The Morgan fingerprint density at radius 3 is 2.48 bits per heavy atom. The summed E-state index contributed by atoms with van der Waals surface area (Å²) in [4.78, 5) is 21.8. The van der Waals surface area contributed by atoms with Crippen LogP contribution in [0.2, 0.25) is 0 Å². The number of carbonyl (C=O) groups is 1. The molecule has 1 amide bonds. The Morgan fingerprint density at radius 2 is 1.78 bits per heavy atom. The third-order valence-electron chi connectivity index (χ3n) is 5.76. The molecule has 0 radical (unpaired) electrons. The zero-order valence-electron chi connectivity index (χ0n) is 16.1. The van der Waals surface area contributed by atoms with E-state index in [1.807, 2.05) is 0 Å². The fraction of sp³-hybridized carbons (Fsp3) is 0.571. The van der Waals surface area contributed by atoms with Gasteiger partial charge >= 0.3 is 0 Å². The summed E-state index contributed by atoms with van der Waals surface area (Å²) >= 11 is 1.48. The first kappa shape index (κ1) is 18.4. The number of hydrogen-bond donors (Lipinski definition) is 0. The van der Waals surface area contributed by atoms with E-state index in [0.717, 1.165) is 56.4 Å². The van der Waals surface area contributed by atoms with Crippen molar-refractivity contribution < 1.29 is 4.79 Å². The van der Waals surface area contributed by atoms with Crippen molar-refractivity contribution in [2.45, 2.75) is 45.4 Å². The van der Waals surface area contributed by atoms with E-state index in [9.17, 15) is 4.79 Å². The van der Waals surface area contributed by atoms with Crippen LogP contribution in [0.3, 0.4) is 0 Å². The minimum Gasteiger partial charge on any atom is -0.343 e. The van der Waals surface area contributed by atoms with Crippen LogP contribution in [-0.2, 0) is 11.2 Å². The van der Waals surface area contributed by atoms with E-state index in [2.05, 4.69) is 45.4 Å². The minimum absolute atomic E-state index is 0.271. The smallest absolute Gasteiger partial charge is 0.225 e. The van der Waals surface area contributed by atoms with Crippen LogP contribution in [-0.4, -0.2) is 46.3 Å². The van der Waals surface area contributed by atoms with Gasteiger partial charge in [0.2, 0.25) is 11.0 Å². The highest BCUT2D eigenvalue weighted by Gasteiger charge is 2.29. The quantitative estimate of drug-likeness (QED) is 0.807. The highest BCUT2D eigenvalue weighted by atomic mass is 32.1. The molecular weight excluding hydrogens is 356 g/mol. The lowest BCUT2D eigenvalue weighted by atomic mass is 9.88. The zero-order valence-corrected chi connectivity index (χ0v) is 16.9. The Morgan fingerprint density at radius 1 is 1.07 bits per heavy atom. The number of aromatic nitrogens is 2. The molecule has 1 aromatic heterocycles. The van der Waals surface area contributed by atoms with E-state index in [-0.39, 0.29) is 5.92 Å². The van der Waals surface area contributed by atoms with Gasteiger partial charge in [0.25, 0.3) is 0 Å². The highest BCUT2D eigenvalue weighted by Crippen LogP contribution is 2.27. The Hall–Kier alpha value is -1.95. The van der Waals surface area contributed by atoms with Crippen molar-refractivity contribution in [1.82, 2.24) is 14.3 Å². The van der Waals surface area contributed by atoms with E-state index < -0.39 is 0 Å². The van der Waals surface area contributed by atoms with Gasteiger partial charge in [0.1, 0.15) is 5.82 Å². The maximum Gasteiger partial charge on any atom is 0.225 e. The van der Waals surface area contributed by atoms with Gasteiger partial charge in [0, 0.05) is 50.1 Å². The minimum atomic E-state index is 0.271. The zero-order chi connectivity index (χ0) is 18.6. The van der Waals surface area contributed by atoms with Crippen molar-refractivity contribution in [3.63, 3.8) is 0 Å². The van der Waals surface area contributed by atoms with Crippen molar-refractivity contribution in [2.24, 2.45) is 5.92 Å². The number of anilines is 1. The molecule has 2 heterocycles. The van der Waals surface area contributed by atoms with E-state index in [0.29, 0.717) is 5.91 Å². The van der Waals surface area contributed by atoms with Gasteiger partial charge in [-0.2, -0.15) is 4.37 Å². The van der Waals surface area contributed by atoms with E-state index in [4.69, 9.17) is 4.98 Å². The number of nitrogens with zero attached hydrogens (tertiary/aromatic N) is 4. The van der Waals surface area contributed by atoms with Crippen molar-refractivity contribution in [3.05, 3.63) is 41.2 Å². The number of benzene rings is 1. The van der Waals surface area contributed by atoms with Crippen LogP contribution in [0.15, 0.2) is 24.3 Å². The molecule has 144 valence electrons. The number of piperazine rings is 1. The SMILES string of the molecule is Cc1ccc(Cc2nsc(N3CCN(C(=O)C4CCCCC4)CC3)n2)cc1. The van der Waals surface area contributed by atoms with Gasteiger partial charge in [0.15, 0.2) is 0 Å². The third-order valence-corrected chi connectivity index (χ3v) is 6.57. The number of carbonyl (C=O) groups excluding carboxylic acids is 1. The lowest BCUT2D eigenvalue weighted by Crippen LogP contribution is -2.50. The van der Waals surface area contributed by atoms with Crippen LogP contribution in [0, 0.1) is 12.8 Å². The standard InChI is InChI=1S/C21H28N4OS/c1-16-7-9-17(10-8-16)15-19-22-21(27-23-19)25-13-11-24(12-14-25)20(26)18-5-3-2-4-6-18/h7-10,18H,2-6,11-15H2,1H3. The van der Waals surface area contributed by atoms with Gasteiger partial charge in [-0.15, -0.1) is 0 Å². The molecule has 2 aliphatic rings. The molecule has 4 rings (SSSR count). The fourth-order valence-electron chi connectivity index (χ4n) is 4.06. The average molecular weight is 385 g/mol. The van der Waals surface area contributed by atoms with Gasteiger partial charge in [-0.05, 0) is 25.3 Å². The summed E-state index contributed by atoms with van der Waals surface area (Å²) in [6, 6.07) is 8.55. The van der Waals surface area contributed by atoms with Crippen molar-refractivity contribution in [3.8, 4) is 0 Å². The number of rotatable bonds is 4. The first-order chi connectivity index (χ1) is 13.2. The lowest BCUT2D eigenvalue weighted by molar-refractivity contribution is -0.136. The van der Waals surface area contributed by atoms with Gasteiger partial charge < -0.3 is 9.80 Å². The number of aryl methyl sites for hydroxylation is 1.